The molecule has 0 fully saturated rings. The average Bonchev–Trinajstić information content (AvgIpc) is 2.48. The van der Waals surface area contributed by atoms with Gasteiger partial charge in [0.15, 0.2) is 11.5 Å². The fourth-order valence-corrected chi connectivity index (χ4v) is 1.71. The first-order valence-corrected chi connectivity index (χ1v) is 6.23. The number of nitrogens with one attached hydrogen (secondary N) is 1. The van der Waals surface area contributed by atoms with Crippen LogP contribution >= 0.6 is 0 Å². The van der Waals surface area contributed by atoms with Crippen molar-refractivity contribution < 1.29 is 14.3 Å². The molecule has 1 unspecified atom stereocenters. The van der Waals surface area contributed by atoms with E-state index in [0.29, 0.717) is 25.6 Å². The fourth-order valence-electron chi connectivity index (χ4n) is 1.71. The number of hydrazine groups is 1. The minimum absolute atomic E-state index is 0.0863. The third-order valence-corrected chi connectivity index (χ3v) is 2.77. The average molecular weight is 283 g/mol. The molecule has 1 aromatic rings. The van der Waals surface area contributed by atoms with Gasteiger partial charge in [-0.1, -0.05) is 0 Å². The lowest BCUT2D eigenvalue weighted by Gasteiger charge is -2.28. The lowest BCUT2D eigenvalue weighted by atomic mass is 10.2. The van der Waals surface area contributed by atoms with Crippen molar-refractivity contribution in [3.05, 3.63) is 17.8 Å². The number of nitrogens with zero attached hydrogens (tertiary/aromatic N) is 3. The van der Waals surface area contributed by atoms with Gasteiger partial charge in [-0.05, 0) is 19.1 Å². The van der Waals surface area contributed by atoms with E-state index in [2.05, 4.69) is 15.6 Å². The van der Waals surface area contributed by atoms with E-state index < -0.39 is 0 Å². The van der Waals surface area contributed by atoms with E-state index in [4.69, 9.17) is 15.3 Å². The lowest BCUT2D eigenvalue weighted by Crippen LogP contribution is -2.43. The van der Waals surface area contributed by atoms with Gasteiger partial charge in [-0.15, -0.1) is 10.2 Å². The highest BCUT2D eigenvalue weighted by Gasteiger charge is 2.22. The molecule has 1 heterocycles. The highest BCUT2D eigenvalue weighted by atomic mass is 16.5. The molecule has 0 aliphatic carbocycles. The van der Waals surface area contributed by atoms with Crippen LogP contribution in [-0.4, -0.2) is 61.0 Å². The second-order valence-electron chi connectivity index (χ2n) is 4.24. The number of anilines is 1. The van der Waals surface area contributed by atoms with E-state index in [1.807, 2.05) is 6.92 Å². The summed E-state index contributed by atoms with van der Waals surface area (Å²) < 4.78 is 10.1. The van der Waals surface area contributed by atoms with E-state index in [0.717, 1.165) is 0 Å². The van der Waals surface area contributed by atoms with Gasteiger partial charge >= 0.3 is 0 Å². The molecule has 0 bridgehead atoms. The zero-order chi connectivity index (χ0) is 15.0. The lowest BCUT2D eigenvalue weighted by molar-refractivity contribution is 0.0473. The second-order valence-corrected chi connectivity index (χ2v) is 4.24. The van der Waals surface area contributed by atoms with Crippen LogP contribution in [0.3, 0.4) is 0 Å². The van der Waals surface area contributed by atoms with Gasteiger partial charge in [0.05, 0.1) is 19.3 Å². The molecular formula is C12H21N5O3. The van der Waals surface area contributed by atoms with E-state index in [9.17, 15) is 4.79 Å². The molecule has 0 aliphatic heterocycles. The third-order valence-electron chi connectivity index (χ3n) is 2.77. The molecule has 1 atom stereocenters. The summed E-state index contributed by atoms with van der Waals surface area (Å²) in [7, 11) is 3.18. The summed E-state index contributed by atoms with van der Waals surface area (Å²) in [5.74, 6) is 5.39. The first-order valence-electron chi connectivity index (χ1n) is 6.23. The van der Waals surface area contributed by atoms with Crippen molar-refractivity contribution in [2.75, 3.05) is 39.4 Å². The summed E-state index contributed by atoms with van der Waals surface area (Å²) in [6.07, 6.45) is 0. The molecule has 0 saturated heterocycles. The first kappa shape index (κ1) is 16.3. The van der Waals surface area contributed by atoms with Crippen molar-refractivity contribution in [1.82, 2.24) is 15.1 Å². The van der Waals surface area contributed by atoms with Crippen LogP contribution in [0.4, 0.5) is 5.82 Å². The maximum Gasteiger partial charge on any atom is 0.274 e. The molecule has 8 heteroatoms. The SMILES string of the molecule is COCCN(C(=O)c1ccc(NN)nn1)C(C)COC. The number of carbonyl (C=O) groups excluding carboxylic acids is 1. The van der Waals surface area contributed by atoms with Gasteiger partial charge in [0, 0.05) is 20.8 Å². The number of amides is 1. The van der Waals surface area contributed by atoms with Gasteiger partial charge in [0.1, 0.15) is 0 Å². The van der Waals surface area contributed by atoms with Crippen molar-refractivity contribution in [2.45, 2.75) is 13.0 Å². The third kappa shape index (κ3) is 4.41. The molecular weight excluding hydrogens is 262 g/mol. The Bertz CT molecular complexity index is 412. The van der Waals surface area contributed by atoms with Crippen LogP contribution in [0.15, 0.2) is 12.1 Å². The number of hydrogen-bond acceptors (Lipinski definition) is 7. The molecule has 0 saturated carbocycles. The number of ether oxygens (including phenoxy) is 2. The highest BCUT2D eigenvalue weighted by molar-refractivity contribution is 5.92. The highest BCUT2D eigenvalue weighted by Crippen LogP contribution is 2.08. The molecule has 1 amide bonds. The van der Waals surface area contributed by atoms with Gasteiger partial charge < -0.3 is 19.8 Å². The monoisotopic (exact) mass is 283 g/mol. The van der Waals surface area contributed by atoms with Crippen molar-refractivity contribution in [2.24, 2.45) is 5.84 Å². The molecule has 1 aromatic heterocycles. The molecule has 1 rings (SSSR count). The quantitative estimate of drug-likeness (QED) is 0.506. The Morgan fingerprint density at radius 3 is 2.65 bits per heavy atom. The smallest absolute Gasteiger partial charge is 0.274 e. The van der Waals surface area contributed by atoms with E-state index in [-0.39, 0.29) is 17.6 Å². The minimum Gasteiger partial charge on any atom is -0.383 e. The Kier molecular flexibility index (Phi) is 6.85. The van der Waals surface area contributed by atoms with Gasteiger partial charge in [0.2, 0.25) is 0 Å². The number of rotatable bonds is 8. The minimum atomic E-state index is -0.220. The number of nitrogens with two attached hydrogens (primary N) is 1. The topological polar surface area (TPSA) is 103 Å². The van der Waals surface area contributed by atoms with Crippen molar-refractivity contribution in [3.63, 3.8) is 0 Å². The number of methoxy groups -OCH3 is 2. The summed E-state index contributed by atoms with van der Waals surface area (Å²) in [6.45, 7) is 3.24. The van der Waals surface area contributed by atoms with Crippen LogP contribution in [-0.2, 0) is 9.47 Å². The summed E-state index contributed by atoms with van der Waals surface area (Å²) in [6, 6.07) is 3.08. The van der Waals surface area contributed by atoms with Crippen molar-refractivity contribution in [1.29, 1.82) is 0 Å². The summed E-state index contributed by atoms with van der Waals surface area (Å²) >= 11 is 0. The van der Waals surface area contributed by atoms with Crippen molar-refractivity contribution >= 4 is 11.7 Å². The summed E-state index contributed by atoms with van der Waals surface area (Å²) in [5, 5.41) is 7.65. The maximum atomic E-state index is 12.4. The summed E-state index contributed by atoms with van der Waals surface area (Å²) in [5.41, 5.74) is 2.61. The van der Waals surface area contributed by atoms with Crippen LogP contribution in [0.1, 0.15) is 17.4 Å². The standard InChI is InChI=1S/C12H21N5O3/c1-9(8-20-3)17(6-7-19-2)12(18)10-4-5-11(14-13)16-15-10/h4-5,9H,6-8,13H2,1-3H3,(H,14,16). The molecule has 0 spiro atoms. The molecule has 112 valence electrons. The van der Waals surface area contributed by atoms with E-state index in [1.54, 1.807) is 31.3 Å². The Morgan fingerprint density at radius 2 is 2.15 bits per heavy atom. The maximum absolute atomic E-state index is 12.4. The largest absolute Gasteiger partial charge is 0.383 e. The number of nitrogen functional groups attached to an aromatic ring is 1. The van der Waals surface area contributed by atoms with Gasteiger partial charge in [0.25, 0.3) is 5.91 Å². The van der Waals surface area contributed by atoms with E-state index in [1.165, 1.54) is 0 Å². The van der Waals surface area contributed by atoms with Gasteiger partial charge in [-0.25, -0.2) is 5.84 Å². The number of hydrogen-bond donors (Lipinski definition) is 2. The van der Waals surface area contributed by atoms with Crippen molar-refractivity contribution in [3.8, 4) is 0 Å². The van der Waals surface area contributed by atoms with Crippen LogP contribution in [0.25, 0.3) is 0 Å². The summed E-state index contributed by atoms with van der Waals surface area (Å²) in [4.78, 5) is 14.1. The Morgan fingerprint density at radius 1 is 1.40 bits per heavy atom. The number of aromatic nitrogens is 2. The predicted molar refractivity (Wildman–Crippen MR) is 74.1 cm³/mol. The van der Waals surface area contributed by atoms with Gasteiger partial charge in [-0.3, -0.25) is 4.79 Å². The molecule has 0 radical (unpaired) electrons. The Labute approximate surface area is 118 Å². The van der Waals surface area contributed by atoms with Gasteiger partial charge in [-0.2, -0.15) is 0 Å². The molecule has 3 N–H and O–H groups in total. The van der Waals surface area contributed by atoms with Crippen LogP contribution in [0, 0.1) is 0 Å². The second kappa shape index (κ2) is 8.41. The first-order chi connectivity index (χ1) is 9.63. The molecule has 0 aromatic carbocycles. The van der Waals surface area contributed by atoms with Crippen LogP contribution in [0.5, 0.6) is 0 Å². The Balaban J connectivity index is 2.84. The molecule has 20 heavy (non-hydrogen) atoms. The van der Waals surface area contributed by atoms with E-state index >= 15 is 0 Å². The van der Waals surface area contributed by atoms with Crippen LogP contribution in [0.2, 0.25) is 0 Å². The molecule has 0 aliphatic rings. The Hall–Kier alpha value is -1.77. The fraction of sp³-hybridized carbons (Fsp3) is 0.583. The number of carbonyl (C=O) groups is 1. The van der Waals surface area contributed by atoms with Crippen LogP contribution < -0.4 is 11.3 Å². The molecule has 8 nitrogen and oxygen atoms in total. The zero-order valence-corrected chi connectivity index (χ0v) is 12.0. The zero-order valence-electron chi connectivity index (χ0n) is 12.0. The predicted octanol–water partition coefficient (Wildman–Crippen LogP) is -0.114. The normalized spacial score (nSPS) is 12.0.